The van der Waals surface area contributed by atoms with Crippen LogP contribution < -0.4 is 0 Å². The van der Waals surface area contributed by atoms with Crippen LogP contribution in [0.1, 0.15) is 63.7 Å². The lowest BCUT2D eigenvalue weighted by atomic mass is 9.97. The van der Waals surface area contributed by atoms with Crippen LogP contribution >= 0.6 is 11.3 Å². The summed E-state index contributed by atoms with van der Waals surface area (Å²) in [5.41, 5.74) is -0.0737. The molecule has 1 aliphatic rings. The van der Waals surface area contributed by atoms with Crippen LogP contribution in [0.4, 0.5) is 0 Å². The number of thiophene rings is 1. The summed E-state index contributed by atoms with van der Waals surface area (Å²) in [5.74, 6) is 1.71. The fourth-order valence-corrected chi connectivity index (χ4v) is 4.18. The van der Waals surface area contributed by atoms with Gasteiger partial charge in [-0.15, -0.1) is 16.4 Å². The molecular weight excluding hydrogens is 306 g/mol. The van der Waals surface area contributed by atoms with Crippen molar-refractivity contribution in [1.29, 1.82) is 0 Å². The van der Waals surface area contributed by atoms with Crippen molar-refractivity contribution in [3.05, 3.63) is 28.2 Å². The van der Waals surface area contributed by atoms with Crippen LogP contribution in [0, 0.1) is 5.92 Å². The molecule has 1 saturated heterocycles. The van der Waals surface area contributed by atoms with E-state index < -0.39 is 0 Å². The number of tetrazole rings is 1. The van der Waals surface area contributed by atoms with Crippen molar-refractivity contribution in [3.8, 4) is 0 Å². The number of rotatable bonds is 5. The van der Waals surface area contributed by atoms with Crippen molar-refractivity contribution in [2.24, 2.45) is 5.92 Å². The minimum atomic E-state index is -0.0737. The van der Waals surface area contributed by atoms with Crippen LogP contribution in [-0.2, 0) is 5.54 Å². The van der Waals surface area contributed by atoms with Crippen molar-refractivity contribution < 1.29 is 0 Å². The van der Waals surface area contributed by atoms with E-state index in [9.17, 15) is 0 Å². The molecule has 2 aromatic rings. The molecule has 3 heterocycles. The van der Waals surface area contributed by atoms with Gasteiger partial charge in [0.2, 0.25) is 0 Å². The molecule has 3 rings (SSSR count). The SMILES string of the molecule is CCC(C)(C)n1nnnc1[C@@H](c1cccs1)N1CCC[C@H](C)C1. The number of piperidine rings is 1. The molecule has 2 aromatic heterocycles. The average Bonchev–Trinajstić information content (AvgIpc) is 3.20. The number of likely N-dealkylation sites (tertiary alicyclic amines) is 1. The molecule has 1 aliphatic heterocycles. The van der Waals surface area contributed by atoms with Gasteiger partial charge in [0.15, 0.2) is 5.82 Å². The van der Waals surface area contributed by atoms with E-state index in [0.29, 0.717) is 0 Å². The van der Waals surface area contributed by atoms with E-state index in [4.69, 9.17) is 0 Å². The summed E-state index contributed by atoms with van der Waals surface area (Å²) in [4.78, 5) is 3.90. The molecule has 0 bridgehead atoms. The first kappa shape index (κ1) is 16.6. The summed E-state index contributed by atoms with van der Waals surface area (Å²) < 4.78 is 2.04. The Morgan fingerprint density at radius 3 is 2.91 bits per heavy atom. The van der Waals surface area contributed by atoms with Gasteiger partial charge in [0.05, 0.1) is 5.54 Å². The molecule has 0 spiro atoms. The van der Waals surface area contributed by atoms with Gasteiger partial charge in [0.1, 0.15) is 6.04 Å². The van der Waals surface area contributed by atoms with E-state index in [1.54, 1.807) is 11.3 Å². The lowest BCUT2D eigenvalue weighted by molar-refractivity contribution is 0.137. The molecule has 0 unspecified atom stereocenters. The van der Waals surface area contributed by atoms with E-state index in [2.05, 4.69) is 65.6 Å². The first-order chi connectivity index (χ1) is 11.0. The Hall–Kier alpha value is -1.27. The third-order valence-electron chi connectivity index (χ3n) is 5.04. The van der Waals surface area contributed by atoms with Gasteiger partial charge in [-0.25, -0.2) is 4.68 Å². The highest BCUT2D eigenvalue weighted by atomic mass is 32.1. The Balaban J connectivity index is 2.02. The average molecular weight is 334 g/mol. The van der Waals surface area contributed by atoms with Crippen molar-refractivity contribution in [3.63, 3.8) is 0 Å². The van der Waals surface area contributed by atoms with Crippen LogP contribution in [-0.4, -0.2) is 38.2 Å². The molecule has 0 saturated carbocycles. The Labute approximate surface area is 142 Å². The minimum Gasteiger partial charge on any atom is -0.289 e. The van der Waals surface area contributed by atoms with E-state index >= 15 is 0 Å². The van der Waals surface area contributed by atoms with Gasteiger partial charge in [-0.1, -0.05) is 19.9 Å². The quantitative estimate of drug-likeness (QED) is 0.837. The van der Waals surface area contributed by atoms with Gasteiger partial charge in [0.25, 0.3) is 0 Å². The summed E-state index contributed by atoms with van der Waals surface area (Å²) in [6.07, 6.45) is 3.57. The number of hydrogen-bond donors (Lipinski definition) is 0. The van der Waals surface area contributed by atoms with Crippen molar-refractivity contribution in [2.45, 2.75) is 58.5 Å². The predicted octanol–water partition coefficient (Wildman–Crippen LogP) is 3.70. The maximum Gasteiger partial charge on any atom is 0.174 e. The second-order valence-electron chi connectivity index (χ2n) is 7.28. The summed E-state index contributed by atoms with van der Waals surface area (Å²) in [6, 6.07) is 4.50. The molecule has 0 aliphatic carbocycles. The van der Waals surface area contributed by atoms with Crippen LogP contribution in [0.5, 0.6) is 0 Å². The van der Waals surface area contributed by atoms with Gasteiger partial charge < -0.3 is 0 Å². The van der Waals surface area contributed by atoms with E-state index in [1.807, 2.05) is 4.68 Å². The fourth-order valence-electron chi connectivity index (χ4n) is 3.32. The Morgan fingerprint density at radius 1 is 1.43 bits per heavy atom. The largest absolute Gasteiger partial charge is 0.289 e. The summed E-state index contributed by atoms with van der Waals surface area (Å²) >= 11 is 1.80. The molecular formula is C17H27N5S. The van der Waals surface area contributed by atoms with Gasteiger partial charge in [-0.05, 0) is 67.4 Å². The van der Waals surface area contributed by atoms with Crippen LogP contribution in [0.2, 0.25) is 0 Å². The van der Waals surface area contributed by atoms with Gasteiger partial charge in [0, 0.05) is 11.4 Å². The third-order valence-corrected chi connectivity index (χ3v) is 5.97. The third kappa shape index (κ3) is 3.33. The van der Waals surface area contributed by atoms with Gasteiger partial charge in [-0.3, -0.25) is 4.90 Å². The number of nitrogens with zero attached hydrogens (tertiary/aromatic N) is 5. The fraction of sp³-hybridized carbons (Fsp3) is 0.706. The Bertz CT molecular complexity index is 619. The molecule has 0 N–H and O–H groups in total. The van der Waals surface area contributed by atoms with Gasteiger partial charge >= 0.3 is 0 Å². The summed E-state index contributed by atoms with van der Waals surface area (Å²) in [7, 11) is 0. The molecule has 2 atom stereocenters. The summed E-state index contributed by atoms with van der Waals surface area (Å²) in [5, 5.41) is 15.0. The van der Waals surface area contributed by atoms with Crippen molar-refractivity contribution in [2.75, 3.05) is 13.1 Å². The van der Waals surface area contributed by atoms with Crippen LogP contribution in [0.15, 0.2) is 17.5 Å². The molecule has 0 aromatic carbocycles. The smallest absolute Gasteiger partial charge is 0.174 e. The van der Waals surface area contributed by atoms with Crippen LogP contribution in [0.3, 0.4) is 0 Å². The molecule has 1 fully saturated rings. The number of aromatic nitrogens is 4. The highest BCUT2D eigenvalue weighted by Gasteiger charge is 2.34. The maximum atomic E-state index is 4.45. The predicted molar refractivity (Wildman–Crippen MR) is 93.6 cm³/mol. The second kappa shape index (κ2) is 6.69. The highest BCUT2D eigenvalue weighted by molar-refractivity contribution is 7.10. The highest BCUT2D eigenvalue weighted by Crippen LogP contribution is 2.35. The summed E-state index contributed by atoms with van der Waals surface area (Å²) in [6.45, 7) is 11.2. The monoisotopic (exact) mass is 333 g/mol. The maximum absolute atomic E-state index is 4.45. The van der Waals surface area contributed by atoms with Crippen molar-refractivity contribution in [1.82, 2.24) is 25.1 Å². The topological polar surface area (TPSA) is 46.8 Å². The van der Waals surface area contributed by atoms with Crippen LogP contribution in [0.25, 0.3) is 0 Å². The molecule has 0 radical (unpaired) electrons. The van der Waals surface area contributed by atoms with E-state index in [1.165, 1.54) is 17.7 Å². The van der Waals surface area contributed by atoms with Crippen molar-refractivity contribution >= 4 is 11.3 Å². The first-order valence-electron chi connectivity index (χ1n) is 8.59. The Morgan fingerprint density at radius 2 is 2.26 bits per heavy atom. The Kier molecular flexibility index (Phi) is 4.82. The first-order valence-corrected chi connectivity index (χ1v) is 9.47. The lowest BCUT2D eigenvalue weighted by Crippen LogP contribution is -2.40. The normalized spacial score (nSPS) is 21.5. The van der Waals surface area contributed by atoms with Gasteiger partial charge in [-0.2, -0.15) is 0 Å². The lowest BCUT2D eigenvalue weighted by Gasteiger charge is -2.37. The second-order valence-corrected chi connectivity index (χ2v) is 8.25. The molecule has 0 amide bonds. The number of hydrogen-bond acceptors (Lipinski definition) is 5. The molecule has 5 nitrogen and oxygen atoms in total. The standard InChI is InChI=1S/C17H27N5S/c1-5-17(3,4)22-16(18-19-20-22)15(14-9-7-11-23-14)21-10-6-8-13(2)12-21/h7,9,11,13,15H,5-6,8,10,12H2,1-4H3/t13-,15+/m0/s1. The zero-order chi connectivity index (χ0) is 16.4. The van der Waals surface area contributed by atoms with E-state index in [0.717, 1.165) is 31.3 Å². The zero-order valence-electron chi connectivity index (χ0n) is 14.6. The molecule has 23 heavy (non-hydrogen) atoms. The van der Waals surface area contributed by atoms with E-state index in [-0.39, 0.29) is 11.6 Å². The minimum absolute atomic E-state index is 0.0737. The zero-order valence-corrected chi connectivity index (χ0v) is 15.4. The molecule has 126 valence electrons. The molecule has 6 heteroatoms.